The summed E-state index contributed by atoms with van der Waals surface area (Å²) < 4.78 is 21.2. The van der Waals surface area contributed by atoms with Crippen molar-refractivity contribution in [3.8, 4) is 23.0 Å². The Morgan fingerprint density at radius 1 is 0.931 bits per heavy atom. The maximum absolute atomic E-state index is 13.2. The summed E-state index contributed by atoms with van der Waals surface area (Å²) >= 11 is 1.55. The van der Waals surface area contributed by atoms with E-state index in [1.165, 1.54) is 0 Å². The molecule has 1 heterocycles. The molecule has 0 unspecified atom stereocenters. The summed E-state index contributed by atoms with van der Waals surface area (Å²) in [4.78, 5) is 19.6. The van der Waals surface area contributed by atoms with E-state index in [2.05, 4.69) is 0 Å². The van der Waals surface area contributed by atoms with E-state index in [1.54, 1.807) is 75.4 Å². The van der Waals surface area contributed by atoms with E-state index in [1.807, 2.05) is 6.07 Å². The fourth-order valence-electron chi connectivity index (χ4n) is 2.93. The molecule has 3 rings (SSSR count). The van der Waals surface area contributed by atoms with Gasteiger partial charge in [0.2, 0.25) is 0 Å². The molecule has 1 aliphatic rings. The molecule has 154 valence electrons. The van der Waals surface area contributed by atoms with Crippen LogP contribution in [-0.4, -0.2) is 56.7 Å². The normalized spacial score (nSPS) is 15.2. The third kappa shape index (κ3) is 4.76. The van der Waals surface area contributed by atoms with Crippen molar-refractivity contribution in [2.75, 3.05) is 40.7 Å². The van der Waals surface area contributed by atoms with Crippen LogP contribution in [0.2, 0.25) is 0 Å². The summed E-state index contributed by atoms with van der Waals surface area (Å²) in [5.41, 5.74) is 1.18. The van der Waals surface area contributed by atoms with Gasteiger partial charge in [0.1, 0.15) is 11.5 Å². The Morgan fingerprint density at radius 2 is 1.62 bits per heavy atom. The number of rotatable bonds is 6. The molecule has 0 bridgehead atoms. The van der Waals surface area contributed by atoms with Gasteiger partial charge < -0.3 is 18.9 Å². The Balaban J connectivity index is 1.94. The van der Waals surface area contributed by atoms with Crippen LogP contribution in [0.4, 0.5) is 5.69 Å². The Morgan fingerprint density at radius 3 is 2.24 bits per heavy atom. The molecule has 0 radical (unpaired) electrons. The predicted molar refractivity (Wildman–Crippen MR) is 114 cm³/mol. The maximum atomic E-state index is 13.2. The Labute approximate surface area is 174 Å². The van der Waals surface area contributed by atoms with Crippen molar-refractivity contribution in [1.82, 2.24) is 4.90 Å². The molecule has 1 fully saturated rings. The van der Waals surface area contributed by atoms with E-state index in [-0.39, 0.29) is 5.91 Å². The van der Waals surface area contributed by atoms with Crippen molar-refractivity contribution in [2.24, 2.45) is 4.99 Å². The number of carbonyl (C=O) groups excluding carboxylic acids is 1. The highest BCUT2D eigenvalue weighted by molar-refractivity contribution is 8.13. The zero-order valence-corrected chi connectivity index (χ0v) is 17.7. The fraction of sp³-hybridized carbons (Fsp3) is 0.333. The Bertz CT molecular complexity index is 894. The molecule has 29 heavy (non-hydrogen) atoms. The lowest BCUT2D eigenvalue weighted by Gasteiger charge is -2.28. The van der Waals surface area contributed by atoms with E-state index in [9.17, 15) is 4.79 Å². The van der Waals surface area contributed by atoms with E-state index in [0.717, 1.165) is 12.2 Å². The van der Waals surface area contributed by atoms with Gasteiger partial charge in [-0.2, -0.15) is 0 Å². The van der Waals surface area contributed by atoms with Gasteiger partial charge in [-0.15, -0.1) is 0 Å². The summed E-state index contributed by atoms with van der Waals surface area (Å²) in [5.74, 6) is 3.10. The topological polar surface area (TPSA) is 69.6 Å². The predicted octanol–water partition coefficient (Wildman–Crippen LogP) is 3.99. The second-order valence-electron chi connectivity index (χ2n) is 6.19. The van der Waals surface area contributed by atoms with Gasteiger partial charge in [-0.25, -0.2) is 4.99 Å². The van der Waals surface area contributed by atoms with Gasteiger partial charge in [-0.1, -0.05) is 11.8 Å². The molecular formula is C21H24N2O5S. The van der Waals surface area contributed by atoms with E-state index in [4.69, 9.17) is 23.9 Å². The number of thioether (sulfide) groups is 1. The molecule has 8 heteroatoms. The molecule has 1 aliphatic heterocycles. The summed E-state index contributed by atoms with van der Waals surface area (Å²) in [6, 6.07) is 10.6. The van der Waals surface area contributed by atoms with Crippen molar-refractivity contribution < 1.29 is 23.7 Å². The van der Waals surface area contributed by atoms with Gasteiger partial charge in [-0.3, -0.25) is 9.69 Å². The molecule has 0 aromatic heterocycles. The molecule has 2 aromatic carbocycles. The van der Waals surface area contributed by atoms with Crippen molar-refractivity contribution >= 4 is 28.5 Å². The number of methoxy groups -OCH3 is 4. The largest absolute Gasteiger partial charge is 0.497 e. The average molecular weight is 416 g/mol. The van der Waals surface area contributed by atoms with Crippen molar-refractivity contribution in [2.45, 2.75) is 6.42 Å². The lowest BCUT2D eigenvalue weighted by atomic mass is 10.1. The maximum Gasteiger partial charge on any atom is 0.260 e. The molecular weight excluding hydrogens is 392 g/mol. The lowest BCUT2D eigenvalue weighted by molar-refractivity contribution is 0.0848. The number of benzene rings is 2. The van der Waals surface area contributed by atoms with Gasteiger partial charge in [-0.05, 0) is 30.7 Å². The Kier molecular flexibility index (Phi) is 6.87. The number of amidine groups is 1. The number of amides is 1. The molecule has 0 atom stereocenters. The zero-order valence-electron chi connectivity index (χ0n) is 16.9. The van der Waals surface area contributed by atoms with Crippen LogP contribution in [0.5, 0.6) is 23.0 Å². The van der Waals surface area contributed by atoms with Crippen LogP contribution < -0.4 is 18.9 Å². The van der Waals surface area contributed by atoms with Crippen molar-refractivity contribution in [1.29, 1.82) is 0 Å². The SMILES string of the molecule is COc1cc(OC)cc(C(=O)N2CCCSC2=Nc2ccc(OC)c(OC)c2)c1. The number of carbonyl (C=O) groups is 1. The van der Waals surface area contributed by atoms with Crippen LogP contribution in [-0.2, 0) is 0 Å². The first kappa shape index (κ1) is 20.9. The number of hydrogen-bond donors (Lipinski definition) is 0. The van der Waals surface area contributed by atoms with Crippen LogP contribution in [0.3, 0.4) is 0 Å². The average Bonchev–Trinajstić information content (AvgIpc) is 2.78. The Hall–Kier alpha value is -2.87. The molecule has 0 saturated carbocycles. The highest BCUT2D eigenvalue weighted by Crippen LogP contribution is 2.33. The molecule has 1 amide bonds. The van der Waals surface area contributed by atoms with Crippen molar-refractivity contribution in [3.63, 3.8) is 0 Å². The van der Waals surface area contributed by atoms with Gasteiger partial charge in [0.25, 0.3) is 5.91 Å². The number of nitrogens with zero attached hydrogens (tertiary/aromatic N) is 2. The standard InChI is InChI=1S/C21H24N2O5S/c1-25-16-10-14(11-17(13-16)26-2)20(24)23-8-5-9-29-21(23)22-15-6-7-18(27-3)19(12-15)28-4/h6-7,10-13H,5,8-9H2,1-4H3. The summed E-state index contributed by atoms with van der Waals surface area (Å²) in [7, 11) is 6.28. The number of ether oxygens (including phenoxy) is 4. The van der Waals surface area contributed by atoms with Crippen LogP contribution in [0.15, 0.2) is 41.4 Å². The number of aliphatic imine (C=N–C) groups is 1. The highest BCUT2D eigenvalue weighted by Gasteiger charge is 2.26. The first-order chi connectivity index (χ1) is 14.1. The van der Waals surface area contributed by atoms with Gasteiger partial charge >= 0.3 is 0 Å². The second kappa shape index (κ2) is 9.56. The van der Waals surface area contributed by atoms with Gasteiger partial charge in [0.15, 0.2) is 16.7 Å². The molecule has 0 spiro atoms. The minimum Gasteiger partial charge on any atom is -0.497 e. The molecule has 0 aliphatic carbocycles. The van der Waals surface area contributed by atoms with Gasteiger partial charge in [0, 0.05) is 30.0 Å². The van der Waals surface area contributed by atoms with Crippen LogP contribution in [0.25, 0.3) is 0 Å². The smallest absolute Gasteiger partial charge is 0.260 e. The fourth-order valence-corrected chi connectivity index (χ4v) is 3.89. The zero-order chi connectivity index (χ0) is 20.8. The first-order valence-electron chi connectivity index (χ1n) is 9.08. The number of hydrogen-bond acceptors (Lipinski definition) is 7. The minimum atomic E-state index is -0.145. The highest BCUT2D eigenvalue weighted by atomic mass is 32.2. The summed E-state index contributed by atoms with van der Waals surface area (Å²) in [6.45, 7) is 0.595. The van der Waals surface area contributed by atoms with Crippen LogP contribution in [0, 0.1) is 0 Å². The van der Waals surface area contributed by atoms with E-state index in [0.29, 0.717) is 46.0 Å². The van der Waals surface area contributed by atoms with E-state index < -0.39 is 0 Å². The lowest BCUT2D eigenvalue weighted by Crippen LogP contribution is -2.39. The van der Waals surface area contributed by atoms with Crippen molar-refractivity contribution in [3.05, 3.63) is 42.0 Å². The summed E-state index contributed by atoms with van der Waals surface area (Å²) in [6.07, 6.45) is 0.891. The van der Waals surface area contributed by atoms with Gasteiger partial charge in [0.05, 0.1) is 34.1 Å². The minimum absolute atomic E-state index is 0.145. The third-order valence-corrected chi connectivity index (χ3v) is 5.49. The molecule has 2 aromatic rings. The summed E-state index contributed by atoms with van der Waals surface area (Å²) in [5, 5.41) is 0.648. The van der Waals surface area contributed by atoms with Crippen LogP contribution in [0.1, 0.15) is 16.8 Å². The van der Waals surface area contributed by atoms with Crippen LogP contribution >= 0.6 is 11.8 Å². The monoisotopic (exact) mass is 416 g/mol. The first-order valence-corrected chi connectivity index (χ1v) is 10.1. The van der Waals surface area contributed by atoms with E-state index >= 15 is 0 Å². The second-order valence-corrected chi connectivity index (χ2v) is 7.26. The molecule has 1 saturated heterocycles. The quantitative estimate of drug-likeness (QED) is 0.709. The molecule has 0 N–H and O–H groups in total. The molecule has 7 nitrogen and oxygen atoms in total. The third-order valence-electron chi connectivity index (χ3n) is 4.42.